The van der Waals surface area contributed by atoms with Crippen LogP contribution in [0.25, 0.3) is 11.0 Å². The summed E-state index contributed by atoms with van der Waals surface area (Å²) in [6, 6.07) is 7.91. The van der Waals surface area contributed by atoms with Crippen LogP contribution in [0, 0.1) is 6.92 Å². The summed E-state index contributed by atoms with van der Waals surface area (Å²) in [5, 5.41) is 4.07. The molecule has 3 heterocycles. The molecule has 1 aromatic carbocycles. The van der Waals surface area contributed by atoms with Crippen molar-refractivity contribution in [1.29, 1.82) is 0 Å². The molecule has 0 saturated carbocycles. The van der Waals surface area contributed by atoms with Crippen molar-refractivity contribution < 1.29 is 9.21 Å². The van der Waals surface area contributed by atoms with E-state index in [2.05, 4.69) is 23.3 Å². The molecule has 1 N–H and O–H groups in total. The molecule has 1 unspecified atom stereocenters. The second kappa shape index (κ2) is 5.57. The van der Waals surface area contributed by atoms with E-state index < -0.39 is 0 Å². The van der Waals surface area contributed by atoms with Crippen molar-refractivity contribution in [1.82, 2.24) is 14.9 Å². The van der Waals surface area contributed by atoms with E-state index in [0.717, 1.165) is 41.8 Å². The van der Waals surface area contributed by atoms with Gasteiger partial charge in [-0.3, -0.25) is 4.79 Å². The van der Waals surface area contributed by atoms with Crippen molar-refractivity contribution in [3.8, 4) is 0 Å². The third kappa shape index (κ3) is 2.63. The Morgan fingerprint density at radius 3 is 3.26 bits per heavy atom. The fourth-order valence-corrected chi connectivity index (χ4v) is 3.27. The first-order valence-electron chi connectivity index (χ1n) is 7.99. The second-order valence-electron chi connectivity index (χ2n) is 6.13. The maximum Gasteiger partial charge on any atom is 0.243 e. The molecule has 3 aromatic rings. The highest BCUT2D eigenvalue weighted by molar-refractivity contribution is 5.81. The maximum atomic E-state index is 12.5. The molecule has 0 bridgehead atoms. The zero-order valence-corrected chi connectivity index (χ0v) is 13.1. The molecule has 0 fully saturated rings. The van der Waals surface area contributed by atoms with Gasteiger partial charge >= 0.3 is 0 Å². The summed E-state index contributed by atoms with van der Waals surface area (Å²) in [7, 11) is 0. The molecule has 0 spiro atoms. The molecule has 4 rings (SSSR count). The zero-order chi connectivity index (χ0) is 15.8. The minimum Gasteiger partial charge on any atom is -0.459 e. The molecule has 1 aliphatic rings. The van der Waals surface area contributed by atoms with Crippen LogP contribution in [-0.4, -0.2) is 15.5 Å². The predicted octanol–water partition coefficient (Wildman–Crippen LogP) is 3.13. The van der Waals surface area contributed by atoms with Gasteiger partial charge in [-0.2, -0.15) is 0 Å². The third-order valence-corrected chi connectivity index (χ3v) is 4.42. The molecule has 1 atom stereocenters. The summed E-state index contributed by atoms with van der Waals surface area (Å²) in [5.74, 6) is 1.80. The topological polar surface area (TPSA) is 60.1 Å². The number of nitrogens with zero attached hydrogens (tertiary/aromatic N) is 2. The Kier molecular flexibility index (Phi) is 3.41. The third-order valence-electron chi connectivity index (χ3n) is 4.42. The Hall–Kier alpha value is -2.56. The first kappa shape index (κ1) is 14.1. The van der Waals surface area contributed by atoms with Crippen LogP contribution in [0.1, 0.15) is 36.0 Å². The Bertz CT molecular complexity index is 862. The van der Waals surface area contributed by atoms with Crippen molar-refractivity contribution in [3.63, 3.8) is 0 Å². The summed E-state index contributed by atoms with van der Waals surface area (Å²) in [4.78, 5) is 16.8. The molecule has 1 amide bonds. The van der Waals surface area contributed by atoms with E-state index >= 15 is 0 Å². The van der Waals surface area contributed by atoms with Crippen LogP contribution in [0.15, 0.2) is 41.1 Å². The van der Waals surface area contributed by atoms with E-state index in [1.54, 1.807) is 6.20 Å². The number of benzene rings is 1. The van der Waals surface area contributed by atoms with Gasteiger partial charge in [0, 0.05) is 24.2 Å². The van der Waals surface area contributed by atoms with Crippen LogP contribution < -0.4 is 5.32 Å². The maximum absolute atomic E-state index is 12.5. The number of aryl methyl sites for hydroxylation is 2. The van der Waals surface area contributed by atoms with Crippen LogP contribution in [0.5, 0.6) is 0 Å². The van der Waals surface area contributed by atoms with Gasteiger partial charge in [-0.1, -0.05) is 11.6 Å². The molecule has 5 nitrogen and oxygen atoms in total. The highest BCUT2D eigenvalue weighted by Gasteiger charge is 2.25. The Balaban J connectivity index is 1.47. The van der Waals surface area contributed by atoms with Gasteiger partial charge in [0.15, 0.2) is 0 Å². The number of fused-ring (bicyclic) bond motifs is 2. The van der Waals surface area contributed by atoms with Crippen LogP contribution in [0.4, 0.5) is 0 Å². The summed E-state index contributed by atoms with van der Waals surface area (Å²) < 4.78 is 7.77. The number of carbonyl (C=O) groups excluding carboxylic acids is 1. The van der Waals surface area contributed by atoms with E-state index in [1.807, 2.05) is 29.0 Å². The SMILES string of the molecule is Cc1ccc2oc(CNC(=O)C3CCCc4nccn43)cc2c1. The lowest BCUT2D eigenvalue weighted by molar-refractivity contribution is -0.125. The van der Waals surface area contributed by atoms with Gasteiger partial charge in [-0.15, -0.1) is 0 Å². The highest BCUT2D eigenvalue weighted by atomic mass is 16.3. The monoisotopic (exact) mass is 309 g/mol. The minimum atomic E-state index is -0.159. The van der Waals surface area contributed by atoms with Crippen molar-refractivity contribution >= 4 is 16.9 Å². The Morgan fingerprint density at radius 2 is 2.35 bits per heavy atom. The van der Waals surface area contributed by atoms with Gasteiger partial charge in [0.1, 0.15) is 23.2 Å². The first-order valence-corrected chi connectivity index (χ1v) is 7.99. The summed E-state index contributed by atoms with van der Waals surface area (Å²) >= 11 is 0. The molecule has 2 aromatic heterocycles. The molecule has 5 heteroatoms. The number of furan rings is 1. The summed E-state index contributed by atoms with van der Waals surface area (Å²) in [6.45, 7) is 2.47. The summed E-state index contributed by atoms with van der Waals surface area (Å²) in [6.07, 6.45) is 6.46. The number of imidazole rings is 1. The molecule has 0 radical (unpaired) electrons. The van der Waals surface area contributed by atoms with Gasteiger partial charge in [-0.05, 0) is 38.0 Å². The van der Waals surface area contributed by atoms with Gasteiger partial charge in [-0.25, -0.2) is 4.98 Å². The van der Waals surface area contributed by atoms with E-state index in [0.29, 0.717) is 6.54 Å². The number of aromatic nitrogens is 2. The van der Waals surface area contributed by atoms with Crippen LogP contribution in [-0.2, 0) is 17.8 Å². The molecule has 0 aliphatic carbocycles. The molecule has 1 aliphatic heterocycles. The number of hydrogen-bond acceptors (Lipinski definition) is 3. The summed E-state index contributed by atoms with van der Waals surface area (Å²) in [5.41, 5.74) is 2.05. The van der Waals surface area contributed by atoms with Crippen LogP contribution in [0.2, 0.25) is 0 Å². The molecule has 118 valence electrons. The number of hydrogen-bond donors (Lipinski definition) is 1. The van der Waals surface area contributed by atoms with E-state index in [9.17, 15) is 4.79 Å². The first-order chi connectivity index (χ1) is 11.2. The van der Waals surface area contributed by atoms with Crippen molar-refractivity contribution in [2.45, 2.75) is 38.8 Å². The number of rotatable bonds is 3. The minimum absolute atomic E-state index is 0.0283. The lowest BCUT2D eigenvalue weighted by Gasteiger charge is -2.24. The van der Waals surface area contributed by atoms with Crippen molar-refractivity contribution in [2.24, 2.45) is 0 Å². The smallest absolute Gasteiger partial charge is 0.243 e. The van der Waals surface area contributed by atoms with Gasteiger partial charge in [0.05, 0.1) is 6.54 Å². The highest BCUT2D eigenvalue weighted by Crippen LogP contribution is 2.24. The second-order valence-corrected chi connectivity index (χ2v) is 6.13. The lowest BCUT2D eigenvalue weighted by Crippen LogP contribution is -2.34. The van der Waals surface area contributed by atoms with E-state index in [1.165, 1.54) is 5.56 Å². The number of carbonyl (C=O) groups is 1. The number of amides is 1. The van der Waals surface area contributed by atoms with Gasteiger partial charge < -0.3 is 14.3 Å². The van der Waals surface area contributed by atoms with Crippen LogP contribution >= 0.6 is 0 Å². The molecule has 23 heavy (non-hydrogen) atoms. The average molecular weight is 309 g/mol. The van der Waals surface area contributed by atoms with Crippen molar-refractivity contribution in [3.05, 3.63) is 53.8 Å². The number of nitrogens with one attached hydrogen (secondary N) is 1. The largest absolute Gasteiger partial charge is 0.459 e. The van der Waals surface area contributed by atoms with E-state index in [-0.39, 0.29) is 11.9 Å². The fourth-order valence-electron chi connectivity index (χ4n) is 3.27. The molecular weight excluding hydrogens is 290 g/mol. The normalized spacial score (nSPS) is 17.2. The Labute approximate surface area is 134 Å². The fraction of sp³-hybridized carbons (Fsp3) is 0.333. The van der Waals surface area contributed by atoms with Crippen LogP contribution in [0.3, 0.4) is 0 Å². The Morgan fingerprint density at radius 1 is 1.43 bits per heavy atom. The predicted molar refractivity (Wildman–Crippen MR) is 87.0 cm³/mol. The van der Waals surface area contributed by atoms with E-state index in [4.69, 9.17) is 4.42 Å². The lowest BCUT2D eigenvalue weighted by atomic mass is 10.0. The van der Waals surface area contributed by atoms with Gasteiger partial charge in [0.2, 0.25) is 5.91 Å². The van der Waals surface area contributed by atoms with Crippen molar-refractivity contribution in [2.75, 3.05) is 0 Å². The standard InChI is InChI=1S/C18H19N3O2/c1-12-5-6-16-13(9-12)10-14(23-16)11-20-18(22)15-3-2-4-17-19-7-8-21(15)17/h5-10,15H,2-4,11H2,1H3,(H,20,22). The quantitative estimate of drug-likeness (QED) is 0.808. The van der Waals surface area contributed by atoms with Gasteiger partial charge in [0.25, 0.3) is 0 Å². The zero-order valence-electron chi connectivity index (χ0n) is 13.1. The molecular formula is C18H19N3O2. The average Bonchev–Trinajstić information content (AvgIpc) is 3.17. The molecule has 0 saturated heterocycles.